The summed E-state index contributed by atoms with van der Waals surface area (Å²) in [5, 5.41) is 6.26. The monoisotopic (exact) mass is 311 g/mol. The average molecular weight is 312 g/mol. The number of hydrogen-bond donors (Lipinski definition) is 3. The van der Waals surface area contributed by atoms with Gasteiger partial charge in [0.05, 0.1) is 6.42 Å². The van der Waals surface area contributed by atoms with E-state index in [9.17, 15) is 9.59 Å². The molecule has 1 fully saturated rings. The Balaban J connectivity index is 0.00000220. The summed E-state index contributed by atoms with van der Waals surface area (Å²) >= 11 is 0. The van der Waals surface area contributed by atoms with E-state index >= 15 is 0 Å². The molecule has 1 saturated heterocycles. The molecule has 5 nitrogen and oxygen atoms in total. The lowest BCUT2D eigenvalue weighted by Crippen LogP contribution is -2.40. The van der Waals surface area contributed by atoms with Crippen LogP contribution in [0.3, 0.4) is 0 Å². The Morgan fingerprint density at radius 2 is 2.00 bits per heavy atom. The Bertz CT molecular complexity index is 490. The number of rotatable bonds is 4. The van der Waals surface area contributed by atoms with Gasteiger partial charge in [0.15, 0.2) is 0 Å². The van der Waals surface area contributed by atoms with E-state index in [0.29, 0.717) is 6.04 Å². The number of halogens is 1. The van der Waals surface area contributed by atoms with Crippen molar-refractivity contribution in [2.75, 3.05) is 11.9 Å². The smallest absolute Gasteiger partial charge is 0.227 e. The number of hydrogen-bond acceptors (Lipinski definition) is 3. The van der Waals surface area contributed by atoms with Gasteiger partial charge in [-0.3, -0.25) is 9.59 Å². The highest BCUT2D eigenvalue weighted by Gasteiger charge is 2.24. The van der Waals surface area contributed by atoms with Crippen LogP contribution in [-0.2, 0) is 16.0 Å². The molecule has 1 heterocycles. The maximum atomic E-state index is 12.2. The Labute approximate surface area is 131 Å². The number of carbonyl (C=O) groups excluding carboxylic acids is 2. The van der Waals surface area contributed by atoms with Crippen molar-refractivity contribution >= 4 is 29.9 Å². The van der Waals surface area contributed by atoms with Gasteiger partial charge in [-0.05, 0) is 44.0 Å². The molecule has 0 spiro atoms. The first kappa shape index (κ1) is 17.5. The molecule has 21 heavy (non-hydrogen) atoms. The van der Waals surface area contributed by atoms with E-state index < -0.39 is 0 Å². The summed E-state index contributed by atoms with van der Waals surface area (Å²) < 4.78 is 0. The molecule has 1 aliphatic rings. The Morgan fingerprint density at radius 3 is 2.57 bits per heavy atom. The standard InChI is InChI=1S/C15H21N3O2.ClH/c1-10-8-12(6-7-17-10)15(20)18-13-4-2-11(3-5-13)9-14(16)19;/h2-5,10,12,17H,6-9H2,1H3,(H2,16,19)(H,18,20);1H/t10-,12-;/m0./s1. The van der Waals surface area contributed by atoms with E-state index in [1.165, 1.54) is 0 Å². The van der Waals surface area contributed by atoms with Crippen LogP contribution in [0.2, 0.25) is 0 Å². The van der Waals surface area contributed by atoms with E-state index in [1.807, 2.05) is 12.1 Å². The van der Waals surface area contributed by atoms with Gasteiger partial charge in [-0.1, -0.05) is 12.1 Å². The fraction of sp³-hybridized carbons (Fsp3) is 0.467. The molecule has 1 aliphatic heterocycles. The first-order valence-electron chi connectivity index (χ1n) is 6.96. The van der Waals surface area contributed by atoms with Gasteiger partial charge in [0.25, 0.3) is 0 Å². The van der Waals surface area contributed by atoms with Crippen LogP contribution in [0.5, 0.6) is 0 Å². The third kappa shape index (κ3) is 5.36. The number of anilines is 1. The van der Waals surface area contributed by atoms with Crippen LogP contribution in [0.4, 0.5) is 5.69 Å². The molecule has 0 aromatic heterocycles. The zero-order chi connectivity index (χ0) is 14.5. The van der Waals surface area contributed by atoms with E-state index in [1.54, 1.807) is 12.1 Å². The second-order valence-corrected chi connectivity index (χ2v) is 5.41. The topological polar surface area (TPSA) is 84.2 Å². The zero-order valence-electron chi connectivity index (χ0n) is 12.1. The van der Waals surface area contributed by atoms with Gasteiger partial charge in [0.1, 0.15) is 0 Å². The number of carbonyl (C=O) groups is 2. The SMILES string of the molecule is C[C@H]1C[C@@H](C(=O)Nc2ccc(CC(N)=O)cc2)CCN1.Cl. The molecule has 1 aromatic rings. The second kappa shape index (κ2) is 8.00. The predicted octanol–water partition coefficient (Wildman–Crippen LogP) is 1.46. The molecule has 2 amide bonds. The highest BCUT2D eigenvalue weighted by atomic mass is 35.5. The first-order chi connectivity index (χ1) is 9.54. The molecular weight excluding hydrogens is 290 g/mol. The van der Waals surface area contributed by atoms with Crippen molar-refractivity contribution in [1.82, 2.24) is 5.32 Å². The van der Waals surface area contributed by atoms with E-state index in [4.69, 9.17) is 5.73 Å². The van der Waals surface area contributed by atoms with Crippen LogP contribution in [0, 0.1) is 5.92 Å². The molecular formula is C15H22ClN3O2. The summed E-state index contributed by atoms with van der Waals surface area (Å²) in [5.74, 6) is -0.219. The van der Waals surface area contributed by atoms with Crippen LogP contribution in [0.15, 0.2) is 24.3 Å². The molecule has 6 heteroatoms. The molecule has 2 atom stereocenters. The minimum atomic E-state index is -0.356. The lowest BCUT2D eigenvalue weighted by Gasteiger charge is -2.27. The third-order valence-corrected chi connectivity index (χ3v) is 3.59. The third-order valence-electron chi connectivity index (χ3n) is 3.59. The molecule has 1 aromatic carbocycles. The second-order valence-electron chi connectivity index (χ2n) is 5.41. The highest BCUT2D eigenvalue weighted by molar-refractivity contribution is 5.92. The van der Waals surface area contributed by atoms with E-state index in [2.05, 4.69) is 17.6 Å². The lowest BCUT2D eigenvalue weighted by atomic mass is 9.92. The molecule has 0 aliphatic carbocycles. The number of piperidine rings is 1. The summed E-state index contributed by atoms with van der Waals surface area (Å²) in [6.07, 6.45) is 1.96. The normalized spacial score (nSPS) is 21.2. The quantitative estimate of drug-likeness (QED) is 0.787. The minimum absolute atomic E-state index is 0. The van der Waals surface area contributed by atoms with Crippen molar-refractivity contribution in [2.45, 2.75) is 32.2 Å². The molecule has 116 valence electrons. The van der Waals surface area contributed by atoms with Crippen LogP contribution < -0.4 is 16.4 Å². The Hall–Kier alpha value is -1.59. The van der Waals surface area contributed by atoms with Crippen LogP contribution in [-0.4, -0.2) is 24.4 Å². The Kier molecular flexibility index (Phi) is 6.65. The molecule has 0 radical (unpaired) electrons. The average Bonchev–Trinajstić information content (AvgIpc) is 2.40. The van der Waals surface area contributed by atoms with Gasteiger partial charge in [-0.2, -0.15) is 0 Å². The zero-order valence-corrected chi connectivity index (χ0v) is 12.9. The minimum Gasteiger partial charge on any atom is -0.369 e. The summed E-state index contributed by atoms with van der Waals surface area (Å²) in [5.41, 5.74) is 6.75. The summed E-state index contributed by atoms with van der Waals surface area (Å²) in [7, 11) is 0. The fourth-order valence-electron chi connectivity index (χ4n) is 2.52. The van der Waals surface area contributed by atoms with Crippen molar-refractivity contribution in [2.24, 2.45) is 11.7 Å². The maximum Gasteiger partial charge on any atom is 0.227 e. The van der Waals surface area contributed by atoms with Gasteiger partial charge >= 0.3 is 0 Å². The number of primary amides is 1. The summed E-state index contributed by atoms with van der Waals surface area (Å²) in [4.78, 5) is 23.0. The van der Waals surface area contributed by atoms with Crippen molar-refractivity contribution in [1.29, 1.82) is 0 Å². The van der Waals surface area contributed by atoms with E-state index in [0.717, 1.165) is 30.6 Å². The van der Waals surface area contributed by atoms with Gasteiger partial charge < -0.3 is 16.4 Å². The van der Waals surface area contributed by atoms with Crippen molar-refractivity contribution in [3.8, 4) is 0 Å². The molecule has 0 bridgehead atoms. The molecule has 4 N–H and O–H groups in total. The fourth-order valence-corrected chi connectivity index (χ4v) is 2.52. The summed E-state index contributed by atoms with van der Waals surface area (Å²) in [6, 6.07) is 7.62. The molecule has 2 rings (SSSR count). The van der Waals surface area contributed by atoms with E-state index in [-0.39, 0.29) is 36.6 Å². The molecule has 0 unspecified atom stereocenters. The predicted molar refractivity (Wildman–Crippen MR) is 85.4 cm³/mol. The largest absolute Gasteiger partial charge is 0.369 e. The van der Waals surface area contributed by atoms with Crippen LogP contribution in [0.1, 0.15) is 25.3 Å². The van der Waals surface area contributed by atoms with Crippen molar-refractivity contribution < 1.29 is 9.59 Å². The molecule has 0 saturated carbocycles. The summed E-state index contributed by atoms with van der Waals surface area (Å²) in [6.45, 7) is 2.98. The number of benzene rings is 1. The highest BCUT2D eigenvalue weighted by Crippen LogP contribution is 2.19. The maximum absolute atomic E-state index is 12.2. The van der Waals surface area contributed by atoms with Gasteiger partial charge in [0.2, 0.25) is 11.8 Å². The number of nitrogens with one attached hydrogen (secondary N) is 2. The lowest BCUT2D eigenvalue weighted by molar-refractivity contribution is -0.121. The van der Waals surface area contributed by atoms with Gasteiger partial charge in [0, 0.05) is 17.6 Å². The van der Waals surface area contributed by atoms with Crippen molar-refractivity contribution in [3.63, 3.8) is 0 Å². The van der Waals surface area contributed by atoms with Gasteiger partial charge in [-0.15, -0.1) is 12.4 Å². The van der Waals surface area contributed by atoms with Crippen molar-refractivity contribution in [3.05, 3.63) is 29.8 Å². The number of amides is 2. The number of nitrogens with two attached hydrogens (primary N) is 1. The Morgan fingerprint density at radius 1 is 1.33 bits per heavy atom. The van der Waals surface area contributed by atoms with Gasteiger partial charge in [-0.25, -0.2) is 0 Å². The first-order valence-corrected chi connectivity index (χ1v) is 6.96. The van der Waals surface area contributed by atoms with Crippen LogP contribution >= 0.6 is 12.4 Å². The van der Waals surface area contributed by atoms with Crippen LogP contribution in [0.25, 0.3) is 0 Å².